The van der Waals surface area contributed by atoms with Crippen LogP contribution in [0.5, 0.6) is 0 Å². The van der Waals surface area contributed by atoms with E-state index in [9.17, 15) is 13.2 Å². The second-order valence-corrected chi connectivity index (χ2v) is 8.25. The van der Waals surface area contributed by atoms with Gasteiger partial charge in [0.25, 0.3) is 15.9 Å². The zero-order chi connectivity index (χ0) is 20.1. The molecular weight excluding hydrogens is 398 g/mol. The standard InChI is InChI=1S/C20H18ClN3O3S/c1-14-4-2-6-16(10-14)24-28(26,27)17-7-8-19(21)18(11-17)20(25)23-13-15-5-3-9-22-12-15/h2-12,24H,13H2,1H3,(H,23,25). The van der Waals surface area contributed by atoms with Crippen molar-refractivity contribution in [2.75, 3.05) is 4.72 Å². The molecule has 1 aromatic heterocycles. The maximum Gasteiger partial charge on any atom is 0.261 e. The third-order valence-electron chi connectivity index (χ3n) is 3.94. The van der Waals surface area contributed by atoms with Gasteiger partial charge in [0.05, 0.1) is 15.5 Å². The van der Waals surface area contributed by atoms with Gasteiger partial charge in [0.15, 0.2) is 0 Å². The van der Waals surface area contributed by atoms with Gasteiger partial charge in [0.2, 0.25) is 0 Å². The smallest absolute Gasteiger partial charge is 0.261 e. The first-order valence-electron chi connectivity index (χ1n) is 8.41. The quantitative estimate of drug-likeness (QED) is 0.641. The lowest BCUT2D eigenvalue weighted by atomic mass is 10.2. The number of amides is 1. The maximum atomic E-state index is 12.7. The predicted molar refractivity (Wildman–Crippen MR) is 109 cm³/mol. The van der Waals surface area contributed by atoms with Crippen LogP contribution in [0.1, 0.15) is 21.5 Å². The largest absolute Gasteiger partial charge is 0.348 e. The number of pyridine rings is 1. The fraction of sp³-hybridized carbons (Fsp3) is 0.100. The number of hydrogen-bond acceptors (Lipinski definition) is 4. The number of carbonyl (C=O) groups excluding carboxylic acids is 1. The lowest BCUT2D eigenvalue weighted by Crippen LogP contribution is -2.24. The molecule has 2 N–H and O–H groups in total. The highest BCUT2D eigenvalue weighted by Crippen LogP contribution is 2.23. The van der Waals surface area contributed by atoms with Crippen molar-refractivity contribution in [3.63, 3.8) is 0 Å². The van der Waals surface area contributed by atoms with Crippen molar-refractivity contribution < 1.29 is 13.2 Å². The zero-order valence-electron chi connectivity index (χ0n) is 15.0. The summed E-state index contributed by atoms with van der Waals surface area (Å²) in [6, 6.07) is 14.6. The molecule has 3 aromatic rings. The summed E-state index contributed by atoms with van der Waals surface area (Å²) in [5.41, 5.74) is 2.26. The Morgan fingerprint density at radius 3 is 2.64 bits per heavy atom. The minimum absolute atomic E-state index is 0.0510. The average molecular weight is 416 g/mol. The van der Waals surface area contributed by atoms with Crippen LogP contribution in [0.4, 0.5) is 5.69 Å². The van der Waals surface area contributed by atoms with Crippen molar-refractivity contribution in [3.8, 4) is 0 Å². The number of hydrogen-bond donors (Lipinski definition) is 2. The lowest BCUT2D eigenvalue weighted by molar-refractivity contribution is 0.0951. The molecule has 6 nitrogen and oxygen atoms in total. The van der Waals surface area contributed by atoms with Crippen molar-refractivity contribution in [1.82, 2.24) is 10.3 Å². The molecular formula is C20H18ClN3O3S. The lowest BCUT2D eigenvalue weighted by Gasteiger charge is -2.11. The van der Waals surface area contributed by atoms with E-state index in [0.717, 1.165) is 11.1 Å². The highest BCUT2D eigenvalue weighted by molar-refractivity contribution is 7.92. The molecule has 8 heteroatoms. The molecule has 0 spiro atoms. The number of benzene rings is 2. The Hall–Kier alpha value is -2.90. The highest BCUT2D eigenvalue weighted by atomic mass is 35.5. The summed E-state index contributed by atoms with van der Waals surface area (Å²) in [6.45, 7) is 2.12. The molecule has 1 heterocycles. The number of nitrogens with zero attached hydrogens (tertiary/aromatic N) is 1. The van der Waals surface area contributed by atoms with Gasteiger partial charge in [-0.1, -0.05) is 29.8 Å². The second-order valence-electron chi connectivity index (χ2n) is 6.16. The van der Waals surface area contributed by atoms with Gasteiger partial charge in [-0.15, -0.1) is 0 Å². The topological polar surface area (TPSA) is 88.2 Å². The van der Waals surface area contributed by atoms with Gasteiger partial charge in [0, 0.05) is 24.6 Å². The van der Waals surface area contributed by atoms with E-state index in [0.29, 0.717) is 5.69 Å². The average Bonchev–Trinajstić information content (AvgIpc) is 2.67. The van der Waals surface area contributed by atoms with Gasteiger partial charge < -0.3 is 5.32 Å². The fourth-order valence-corrected chi connectivity index (χ4v) is 3.83. The summed E-state index contributed by atoms with van der Waals surface area (Å²) in [6.07, 6.45) is 3.27. The first kappa shape index (κ1) is 19.9. The van der Waals surface area contributed by atoms with Crippen LogP contribution in [0, 0.1) is 6.92 Å². The summed E-state index contributed by atoms with van der Waals surface area (Å²) >= 11 is 6.12. The Kier molecular flexibility index (Phi) is 5.96. The van der Waals surface area contributed by atoms with Crippen molar-refractivity contribution in [2.24, 2.45) is 0 Å². The molecule has 0 bridgehead atoms. The van der Waals surface area contributed by atoms with E-state index in [4.69, 9.17) is 11.6 Å². The van der Waals surface area contributed by atoms with E-state index in [1.165, 1.54) is 18.2 Å². The van der Waals surface area contributed by atoms with Crippen LogP contribution in [0.2, 0.25) is 5.02 Å². The number of sulfonamides is 1. The van der Waals surface area contributed by atoms with Crippen LogP contribution in [-0.2, 0) is 16.6 Å². The maximum absolute atomic E-state index is 12.7. The molecule has 0 aliphatic heterocycles. The predicted octanol–water partition coefficient (Wildman–Crippen LogP) is 3.77. The van der Waals surface area contributed by atoms with E-state index in [1.807, 2.05) is 19.1 Å². The van der Waals surface area contributed by atoms with Crippen molar-refractivity contribution >= 4 is 33.2 Å². The molecule has 0 aliphatic carbocycles. The van der Waals surface area contributed by atoms with Gasteiger partial charge in [-0.25, -0.2) is 8.42 Å². The van der Waals surface area contributed by atoms with Gasteiger partial charge in [-0.2, -0.15) is 0 Å². The minimum atomic E-state index is -3.87. The number of nitrogens with one attached hydrogen (secondary N) is 2. The van der Waals surface area contributed by atoms with Crippen LogP contribution >= 0.6 is 11.6 Å². The van der Waals surface area contributed by atoms with Crippen LogP contribution in [-0.4, -0.2) is 19.3 Å². The van der Waals surface area contributed by atoms with E-state index < -0.39 is 15.9 Å². The number of anilines is 1. The first-order chi connectivity index (χ1) is 13.3. The number of halogens is 1. The van der Waals surface area contributed by atoms with Crippen LogP contribution in [0.3, 0.4) is 0 Å². The summed E-state index contributed by atoms with van der Waals surface area (Å²) in [4.78, 5) is 16.4. The summed E-state index contributed by atoms with van der Waals surface area (Å²) < 4.78 is 27.9. The van der Waals surface area contributed by atoms with E-state index in [1.54, 1.807) is 36.7 Å². The molecule has 0 unspecified atom stereocenters. The molecule has 0 radical (unpaired) electrons. The fourth-order valence-electron chi connectivity index (χ4n) is 2.55. The minimum Gasteiger partial charge on any atom is -0.348 e. The van der Waals surface area contributed by atoms with Crippen LogP contribution < -0.4 is 10.0 Å². The molecule has 28 heavy (non-hydrogen) atoms. The van der Waals surface area contributed by atoms with Crippen molar-refractivity contribution in [3.05, 3.63) is 88.7 Å². The van der Waals surface area contributed by atoms with Gasteiger partial charge in [-0.05, 0) is 54.4 Å². The first-order valence-corrected chi connectivity index (χ1v) is 10.3. The summed E-state index contributed by atoms with van der Waals surface area (Å²) in [5.74, 6) is -0.471. The van der Waals surface area contributed by atoms with Crippen molar-refractivity contribution in [2.45, 2.75) is 18.4 Å². The molecule has 0 saturated heterocycles. The highest BCUT2D eigenvalue weighted by Gasteiger charge is 2.19. The zero-order valence-corrected chi connectivity index (χ0v) is 16.6. The van der Waals surface area contributed by atoms with E-state index in [-0.39, 0.29) is 22.0 Å². The van der Waals surface area contributed by atoms with Gasteiger partial charge in [-0.3, -0.25) is 14.5 Å². The Morgan fingerprint density at radius 2 is 1.93 bits per heavy atom. The summed E-state index contributed by atoms with van der Waals surface area (Å²) in [5, 5.41) is 2.88. The van der Waals surface area contributed by atoms with Crippen LogP contribution in [0.25, 0.3) is 0 Å². The molecule has 1 amide bonds. The Bertz CT molecular complexity index is 1100. The Labute approximate surface area is 168 Å². The monoisotopic (exact) mass is 415 g/mol. The number of aromatic nitrogens is 1. The van der Waals surface area contributed by atoms with Gasteiger partial charge in [0.1, 0.15) is 0 Å². The molecule has 3 rings (SSSR count). The normalized spacial score (nSPS) is 11.1. The van der Waals surface area contributed by atoms with Gasteiger partial charge >= 0.3 is 0 Å². The molecule has 0 saturated carbocycles. The van der Waals surface area contributed by atoms with E-state index in [2.05, 4.69) is 15.0 Å². The van der Waals surface area contributed by atoms with Crippen molar-refractivity contribution in [1.29, 1.82) is 0 Å². The van der Waals surface area contributed by atoms with Crippen LogP contribution in [0.15, 0.2) is 71.9 Å². The molecule has 0 aliphatic rings. The number of rotatable bonds is 6. The second kappa shape index (κ2) is 8.41. The Morgan fingerprint density at radius 1 is 1.11 bits per heavy atom. The Balaban J connectivity index is 1.81. The molecule has 0 atom stereocenters. The SMILES string of the molecule is Cc1cccc(NS(=O)(=O)c2ccc(Cl)c(C(=O)NCc3cccnc3)c2)c1. The molecule has 0 fully saturated rings. The molecule has 2 aromatic carbocycles. The third kappa shape index (κ3) is 4.88. The summed E-state index contributed by atoms with van der Waals surface area (Å²) in [7, 11) is -3.87. The van der Waals surface area contributed by atoms with E-state index >= 15 is 0 Å². The molecule has 144 valence electrons. The number of aryl methyl sites for hydroxylation is 1. The number of carbonyl (C=O) groups is 1. The third-order valence-corrected chi connectivity index (χ3v) is 5.65.